The van der Waals surface area contributed by atoms with Gasteiger partial charge in [-0.05, 0) is 58.7 Å². The zero-order chi connectivity index (χ0) is 11.1. The van der Waals surface area contributed by atoms with E-state index in [1.807, 2.05) is 6.07 Å². The van der Waals surface area contributed by atoms with Crippen molar-refractivity contribution in [1.82, 2.24) is 10.2 Å². The van der Waals surface area contributed by atoms with Crippen LogP contribution in [0, 0.1) is 0 Å². The van der Waals surface area contributed by atoms with Crippen LogP contribution in [0.2, 0.25) is 4.34 Å². The van der Waals surface area contributed by atoms with Crippen LogP contribution in [-0.4, -0.2) is 38.6 Å². The van der Waals surface area contributed by atoms with E-state index in [0.717, 1.165) is 30.4 Å². The summed E-state index contributed by atoms with van der Waals surface area (Å²) in [6.07, 6.45) is 2.29. The Morgan fingerprint density at radius 2 is 2.13 bits per heavy atom. The van der Waals surface area contributed by atoms with E-state index >= 15 is 0 Å². The first-order chi connectivity index (χ1) is 7.18. The molecule has 0 fully saturated rings. The molecular weight excluding hydrogens is 228 g/mol. The summed E-state index contributed by atoms with van der Waals surface area (Å²) in [5, 5.41) is 3.44. The molecule has 1 aromatic rings. The maximum Gasteiger partial charge on any atom is 0.0931 e. The maximum atomic E-state index is 5.85. The monoisotopic (exact) mass is 246 g/mol. The SMILES string of the molecule is CN(C)CCCNCCc1ccc(Cl)s1. The summed E-state index contributed by atoms with van der Waals surface area (Å²) >= 11 is 7.52. The highest BCUT2D eigenvalue weighted by Crippen LogP contribution is 2.21. The molecule has 0 aliphatic rings. The van der Waals surface area contributed by atoms with Crippen molar-refractivity contribution < 1.29 is 0 Å². The first kappa shape index (κ1) is 13.0. The molecule has 0 amide bonds. The van der Waals surface area contributed by atoms with Gasteiger partial charge in [0, 0.05) is 4.88 Å². The fourth-order valence-corrected chi connectivity index (χ4v) is 2.43. The van der Waals surface area contributed by atoms with Gasteiger partial charge in [-0.15, -0.1) is 11.3 Å². The van der Waals surface area contributed by atoms with Gasteiger partial charge < -0.3 is 10.2 Å². The molecule has 15 heavy (non-hydrogen) atoms. The third-order valence-corrected chi connectivity index (χ3v) is 3.43. The lowest BCUT2D eigenvalue weighted by atomic mass is 10.3. The van der Waals surface area contributed by atoms with E-state index in [-0.39, 0.29) is 0 Å². The van der Waals surface area contributed by atoms with Crippen LogP contribution < -0.4 is 5.32 Å². The van der Waals surface area contributed by atoms with Crippen LogP contribution in [0.25, 0.3) is 0 Å². The zero-order valence-corrected chi connectivity index (χ0v) is 11.0. The van der Waals surface area contributed by atoms with Gasteiger partial charge in [0.2, 0.25) is 0 Å². The van der Waals surface area contributed by atoms with E-state index < -0.39 is 0 Å². The molecule has 1 heterocycles. The molecular formula is C11H19ClN2S. The summed E-state index contributed by atoms with van der Waals surface area (Å²) in [4.78, 5) is 3.57. The molecule has 0 unspecified atom stereocenters. The minimum atomic E-state index is 0.887. The van der Waals surface area contributed by atoms with Crippen molar-refractivity contribution in [2.45, 2.75) is 12.8 Å². The Labute approximate surface area is 101 Å². The normalized spacial score (nSPS) is 11.2. The molecule has 0 aliphatic carbocycles. The van der Waals surface area contributed by atoms with E-state index in [0.29, 0.717) is 0 Å². The summed E-state index contributed by atoms with van der Waals surface area (Å²) in [7, 11) is 4.21. The van der Waals surface area contributed by atoms with Gasteiger partial charge in [0.1, 0.15) is 0 Å². The van der Waals surface area contributed by atoms with E-state index in [1.54, 1.807) is 11.3 Å². The molecule has 0 saturated heterocycles. The van der Waals surface area contributed by atoms with Gasteiger partial charge in [-0.3, -0.25) is 0 Å². The third-order valence-electron chi connectivity index (χ3n) is 2.14. The standard InChI is InChI=1S/C11H19ClN2S/c1-14(2)9-3-7-13-8-6-10-4-5-11(12)15-10/h4-5,13H,3,6-9H2,1-2H3. The van der Waals surface area contributed by atoms with Crippen LogP contribution >= 0.6 is 22.9 Å². The van der Waals surface area contributed by atoms with Crippen molar-refractivity contribution in [2.24, 2.45) is 0 Å². The van der Waals surface area contributed by atoms with Crippen molar-refractivity contribution in [2.75, 3.05) is 33.7 Å². The Balaban J connectivity index is 1.98. The molecule has 4 heteroatoms. The van der Waals surface area contributed by atoms with Crippen molar-refractivity contribution in [1.29, 1.82) is 0 Å². The number of nitrogens with one attached hydrogen (secondary N) is 1. The second kappa shape index (κ2) is 7.23. The summed E-state index contributed by atoms with van der Waals surface area (Å²) in [6.45, 7) is 3.29. The smallest absolute Gasteiger partial charge is 0.0931 e. The van der Waals surface area contributed by atoms with E-state index in [9.17, 15) is 0 Å². The van der Waals surface area contributed by atoms with Crippen molar-refractivity contribution in [3.63, 3.8) is 0 Å². The molecule has 0 atom stereocenters. The van der Waals surface area contributed by atoms with Gasteiger partial charge in [-0.1, -0.05) is 11.6 Å². The first-order valence-electron chi connectivity index (χ1n) is 5.28. The number of nitrogens with zero attached hydrogens (tertiary/aromatic N) is 1. The minimum Gasteiger partial charge on any atom is -0.316 e. The summed E-state index contributed by atoms with van der Waals surface area (Å²) < 4.78 is 0.887. The second-order valence-electron chi connectivity index (χ2n) is 3.86. The lowest BCUT2D eigenvalue weighted by molar-refractivity contribution is 0.395. The van der Waals surface area contributed by atoms with Gasteiger partial charge in [0.25, 0.3) is 0 Å². The first-order valence-corrected chi connectivity index (χ1v) is 6.47. The number of thiophene rings is 1. The highest BCUT2D eigenvalue weighted by molar-refractivity contribution is 7.16. The lowest BCUT2D eigenvalue weighted by Gasteiger charge is -2.09. The molecule has 0 radical (unpaired) electrons. The van der Waals surface area contributed by atoms with Crippen LogP contribution in [-0.2, 0) is 6.42 Å². The quantitative estimate of drug-likeness (QED) is 0.744. The molecule has 1 N–H and O–H groups in total. The molecule has 0 aliphatic heterocycles. The van der Waals surface area contributed by atoms with E-state index in [4.69, 9.17) is 11.6 Å². The highest BCUT2D eigenvalue weighted by Gasteiger charge is 1.97. The molecule has 1 rings (SSSR count). The van der Waals surface area contributed by atoms with Crippen LogP contribution in [0.1, 0.15) is 11.3 Å². The molecule has 0 saturated carbocycles. The lowest BCUT2D eigenvalue weighted by Crippen LogP contribution is -2.22. The number of hydrogen-bond donors (Lipinski definition) is 1. The molecule has 86 valence electrons. The number of halogens is 1. The number of hydrogen-bond acceptors (Lipinski definition) is 3. The van der Waals surface area contributed by atoms with E-state index in [1.165, 1.54) is 11.3 Å². The van der Waals surface area contributed by atoms with Crippen LogP contribution in [0.5, 0.6) is 0 Å². The van der Waals surface area contributed by atoms with E-state index in [2.05, 4.69) is 30.4 Å². The topological polar surface area (TPSA) is 15.3 Å². The van der Waals surface area contributed by atoms with Gasteiger partial charge in [-0.2, -0.15) is 0 Å². The average Bonchev–Trinajstić information content (AvgIpc) is 2.57. The second-order valence-corrected chi connectivity index (χ2v) is 5.66. The van der Waals surface area contributed by atoms with Gasteiger partial charge in [0.15, 0.2) is 0 Å². The minimum absolute atomic E-state index is 0.887. The average molecular weight is 247 g/mol. The van der Waals surface area contributed by atoms with Crippen LogP contribution in [0.15, 0.2) is 12.1 Å². The van der Waals surface area contributed by atoms with Crippen LogP contribution in [0.4, 0.5) is 0 Å². The molecule has 2 nitrogen and oxygen atoms in total. The fourth-order valence-electron chi connectivity index (χ4n) is 1.34. The van der Waals surface area contributed by atoms with Crippen molar-refractivity contribution >= 4 is 22.9 Å². The maximum absolute atomic E-state index is 5.85. The highest BCUT2D eigenvalue weighted by atomic mass is 35.5. The van der Waals surface area contributed by atoms with Gasteiger partial charge in [-0.25, -0.2) is 0 Å². The Morgan fingerprint density at radius 3 is 2.73 bits per heavy atom. The fraction of sp³-hybridized carbons (Fsp3) is 0.636. The van der Waals surface area contributed by atoms with Gasteiger partial charge >= 0.3 is 0 Å². The molecule has 0 aromatic carbocycles. The Kier molecular flexibility index (Phi) is 6.25. The summed E-state index contributed by atoms with van der Waals surface area (Å²) in [6, 6.07) is 4.07. The third kappa shape index (κ3) is 6.15. The largest absolute Gasteiger partial charge is 0.316 e. The van der Waals surface area contributed by atoms with Crippen LogP contribution in [0.3, 0.4) is 0 Å². The van der Waals surface area contributed by atoms with Gasteiger partial charge in [0.05, 0.1) is 4.34 Å². The Morgan fingerprint density at radius 1 is 1.33 bits per heavy atom. The summed E-state index contributed by atoms with van der Waals surface area (Å²) in [5.41, 5.74) is 0. The molecule has 0 bridgehead atoms. The molecule has 0 spiro atoms. The number of rotatable bonds is 7. The van der Waals surface area contributed by atoms with Crippen molar-refractivity contribution in [3.8, 4) is 0 Å². The van der Waals surface area contributed by atoms with Crippen molar-refractivity contribution in [3.05, 3.63) is 21.3 Å². The predicted octanol–water partition coefficient (Wildman–Crippen LogP) is 2.49. The predicted molar refractivity (Wildman–Crippen MR) is 69.1 cm³/mol. The summed E-state index contributed by atoms with van der Waals surface area (Å²) in [5.74, 6) is 0. The Hall–Kier alpha value is -0.0900. The molecule has 1 aromatic heterocycles. The Bertz CT molecular complexity index is 273. The zero-order valence-electron chi connectivity index (χ0n) is 9.42.